The number of anilines is 1. The van der Waals surface area contributed by atoms with Crippen molar-refractivity contribution in [2.75, 3.05) is 24.4 Å². The van der Waals surface area contributed by atoms with E-state index in [-0.39, 0.29) is 18.4 Å². The molecular weight excluding hydrogens is 625 g/mol. The first kappa shape index (κ1) is 34.8. The normalized spacial score (nSPS) is 14.0. The van der Waals surface area contributed by atoms with Gasteiger partial charge in [0.15, 0.2) is 5.69 Å². The van der Waals surface area contributed by atoms with Crippen molar-refractivity contribution in [1.82, 2.24) is 19.6 Å². The zero-order chi connectivity index (χ0) is 34.2. The van der Waals surface area contributed by atoms with Crippen LogP contribution in [0.25, 0.3) is 5.69 Å². The summed E-state index contributed by atoms with van der Waals surface area (Å²) in [5.74, 6) is -0.359. The van der Waals surface area contributed by atoms with Crippen LogP contribution in [0.5, 0.6) is 0 Å². The maximum Gasteiger partial charge on any atom is 0.274 e. The van der Waals surface area contributed by atoms with E-state index in [4.69, 9.17) is 5.10 Å². The monoisotopic (exact) mass is 668 g/mol. The number of hydrogen-bond donors (Lipinski definition) is 2. The van der Waals surface area contributed by atoms with Gasteiger partial charge in [0.2, 0.25) is 0 Å². The van der Waals surface area contributed by atoms with E-state index in [1.807, 2.05) is 61.2 Å². The fraction of sp³-hybridized carbons (Fsp3) is 0.378. The molecule has 0 aliphatic carbocycles. The molecule has 2 heterocycles. The first-order valence-corrected chi connectivity index (χ1v) is 17.4. The standard InChI is InChI=1S/C37H44N6O4S/c1-5-7-17-41(18-8-6-2)37(46)33-19-26(4)43(38-33)34-16-15-30(40-48-35-22-29(39-47)14-13-25(35)3)21-32(34)36(45)42-23-28-12-10-9-11-27(28)20-31(42)24-44/h9-16,19,21-22,31,40,44H,5-8,17-18,20,23-24H2,1-4H3. The summed E-state index contributed by atoms with van der Waals surface area (Å²) in [6.07, 6.45) is 4.36. The third-order valence-electron chi connectivity index (χ3n) is 8.80. The lowest BCUT2D eigenvalue weighted by Crippen LogP contribution is -2.46. The second kappa shape index (κ2) is 16.1. The molecule has 0 bridgehead atoms. The van der Waals surface area contributed by atoms with Gasteiger partial charge in [0.05, 0.1) is 23.9 Å². The predicted octanol–water partition coefficient (Wildman–Crippen LogP) is 7.61. The molecule has 0 spiro atoms. The molecule has 0 saturated carbocycles. The van der Waals surface area contributed by atoms with Crippen LogP contribution in [0.4, 0.5) is 11.4 Å². The van der Waals surface area contributed by atoms with E-state index in [1.54, 1.807) is 33.8 Å². The minimum Gasteiger partial charge on any atom is -0.394 e. The Balaban J connectivity index is 1.53. The maximum absolute atomic E-state index is 14.6. The van der Waals surface area contributed by atoms with Crippen LogP contribution in [-0.4, -0.2) is 62.2 Å². The Bertz CT molecular complexity index is 1760. The van der Waals surface area contributed by atoms with E-state index in [0.717, 1.165) is 53.0 Å². The van der Waals surface area contributed by atoms with Gasteiger partial charge in [-0.3, -0.25) is 9.59 Å². The van der Waals surface area contributed by atoms with Crippen molar-refractivity contribution < 1.29 is 14.7 Å². The average molecular weight is 669 g/mol. The van der Waals surface area contributed by atoms with Crippen molar-refractivity contribution >= 4 is 35.1 Å². The van der Waals surface area contributed by atoms with Crippen LogP contribution < -0.4 is 4.72 Å². The van der Waals surface area contributed by atoms with Gasteiger partial charge in [0.25, 0.3) is 11.8 Å². The molecule has 2 amide bonds. The molecule has 48 heavy (non-hydrogen) atoms. The molecule has 5 rings (SSSR count). The highest BCUT2D eigenvalue weighted by molar-refractivity contribution is 8.00. The number of nitroso groups, excluding NO2 is 1. The van der Waals surface area contributed by atoms with Gasteiger partial charge in [-0.15, -0.1) is 4.91 Å². The van der Waals surface area contributed by atoms with Crippen LogP contribution in [0.15, 0.2) is 76.8 Å². The highest BCUT2D eigenvalue weighted by Crippen LogP contribution is 2.32. The van der Waals surface area contributed by atoms with Gasteiger partial charge < -0.3 is 19.6 Å². The van der Waals surface area contributed by atoms with Gasteiger partial charge in [-0.1, -0.05) is 57.0 Å². The first-order chi connectivity index (χ1) is 23.3. The second-order valence-corrected chi connectivity index (χ2v) is 13.1. The summed E-state index contributed by atoms with van der Waals surface area (Å²) in [4.78, 5) is 43.8. The lowest BCUT2D eigenvalue weighted by Gasteiger charge is -2.36. The Morgan fingerprint density at radius 2 is 1.73 bits per heavy atom. The number of nitrogens with one attached hydrogen (secondary N) is 1. The number of amides is 2. The molecule has 0 saturated heterocycles. The fourth-order valence-corrected chi connectivity index (χ4v) is 6.73. The molecule has 1 unspecified atom stereocenters. The molecule has 3 aromatic carbocycles. The molecule has 2 N–H and O–H groups in total. The molecule has 1 aromatic heterocycles. The van der Waals surface area contributed by atoms with Gasteiger partial charge in [-0.05, 0) is 103 Å². The van der Waals surface area contributed by atoms with Gasteiger partial charge in [0.1, 0.15) is 5.69 Å². The topological polar surface area (TPSA) is 120 Å². The number of aliphatic hydroxyl groups is 1. The maximum atomic E-state index is 14.6. The number of aliphatic hydroxyl groups excluding tert-OH is 1. The van der Waals surface area contributed by atoms with Crippen molar-refractivity contribution in [3.63, 3.8) is 0 Å². The van der Waals surface area contributed by atoms with E-state index in [1.165, 1.54) is 11.9 Å². The summed E-state index contributed by atoms with van der Waals surface area (Å²) >= 11 is 1.32. The molecular formula is C37H44N6O4S. The van der Waals surface area contributed by atoms with Gasteiger partial charge in [-0.2, -0.15) is 5.10 Å². The lowest BCUT2D eigenvalue weighted by atomic mass is 9.93. The SMILES string of the molecule is CCCCN(CCCC)C(=O)c1cc(C)n(-c2ccc(NSc3cc(N=O)ccc3C)cc2C(=O)N2Cc3ccccc3CC2CO)n1. The number of unbranched alkanes of at least 4 members (excludes halogenated alkanes) is 2. The van der Waals surface area contributed by atoms with Crippen LogP contribution >= 0.6 is 11.9 Å². The van der Waals surface area contributed by atoms with E-state index in [9.17, 15) is 19.6 Å². The highest BCUT2D eigenvalue weighted by atomic mass is 32.2. The number of nitrogens with zero attached hydrogens (tertiary/aromatic N) is 5. The number of rotatable bonds is 14. The Labute approximate surface area is 286 Å². The van der Waals surface area contributed by atoms with Gasteiger partial charge in [-0.25, -0.2) is 4.68 Å². The fourth-order valence-electron chi connectivity index (χ4n) is 5.97. The van der Waals surface area contributed by atoms with E-state index >= 15 is 0 Å². The number of carbonyl (C=O) groups excluding carboxylic acids is 2. The number of aromatic nitrogens is 2. The van der Waals surface area contributed by atoms with Crippen molar-refractivity contribution in [3.05, 3.63) is 105 Å². The number of carbonyl (C=O) groups is 2. The number of hydrogen-bond acceptors (Lipinski definition) is 8. The summed E-state index contributed by atoms with van der Waals surface area (Å²) in [5, 5.41) is 18.2. The summed E-state index contributed by atoms with van der Waals surface area (Å²) in [5.41, 5.74) is 6.14. The highest BCUT2D eigenvalue weighted by Gasteiger charge is 2.32. The molecule has 10 nitrogen and oxygen atoms in total. The van der Waals surface area contributed by atoms with Crippen molar-refractivity contribution in [2.24, 2.45) is 5.18 Å². The third kappa shape index (κ3) is 7.79. The Kier molecular flexibility index (Phi) is 11.7. The molecule has 1 aliphatic rings. The smallest absolute Gasteiger partial charge is 0.274 e. The van der Waals surface area contributed by atoms with E-state index in [0.29, 0.717) is 54.4 Å². The van der Waals surface area contributed by atoms with Crippen molar-refractivity contribution in [3.8, 4) is 5.69 Å². The van der Waals surface area contributed by atoms with Crippen LogP contribution in [0.1, 0.15) is 82.8 Å². The van der Waals surface area contributed by atoms with Crippen LogP contribution in [0.3, 0.4) is 0 Å². The molecule has 11 heteroatoms. The molecule has 1 atom stereocenters. The number of benzene rings is 3. The molecule has 0 fully saturated rings. The minimum absolute atomic E-state index is 0.114. The zero-order valence-corrected chi connectivity index (χ0v) is 28.9. The van der Waals surface area contributed by atoms with Crippen LogP contribution in [0.2, 0.25) is 0 Å². The van der Waals surface area contributed by atoms with Crippen LogP contribution in [0, 0.1) is 18.8 Å². The zero-order valence-electron chi connectivity index (χ0n) is 28.1. The summed E-state index contributed by atoms with van der Waals surface area (Å²) in [7, 11) is 0. The largest absolute Gasteiger partial charge is 0.394 e. The number of fused-ring (bicyclic) bond motifs is 1. The average Bonchev–Trinajstić information content (AvgIpc) is 3.51. The number of aryl methyl sites for hydroxylation is 2. The quantitative estimate of drug-likeness (QED) is 0.105. The van der Waals surface area contributed by atoms with E-state index in [2.05, 4.69) is 23.7 Å². The summed E-state index contributed by atoms with van der Waals surface area (Å²) in [6, 6.07) is 20.1. The van der Waals surface area contributed by atoms with Gasteiger partial charge in [0, 0.05) is 35.9 Å². The summed E-state index contributed by atoms with van der Waals surface area (Å²) < 4.78 is 5.00. The lowest BCUT2D eigenvalue weighted by molar-refractivity contribution is 0.0544. The predicted molar refractivity (Wildman–Crippen MR) is 191 cm³/mol. The van der Waals surface area contributed by atoms with Crippen LogP contribution in [-0.2, 0) is 13.0 Å². The third-order valence-corrected chi connectivity index (χ3v) is 9.79. The first-order valence-electron chi connectivity index (χ1n) is 16.6. The van der Waals surface area contributed by atoms with E-state index < -0.39 is 6.04 Å². The Morgan fingerprint density at radius 1 is 1.00 bits per heavy atom. The van der Waals surface area contributed by atoms with Crippen molar-refractivity contribution in [1.29, 1.82) is 0 Å². The second-order valence-electron chi connectivity index (χ2n) is 12.3. The molecule has 1 aliphatic heterocycles. The minimum atomic E-state index is -0.394. The molecule has 0 radical (unpaired) electrons. The molecule has 252 valence electrons. The Hall–Kier alpha value is -4.48. The molecule has 4 aromatic rings. The Morgan fingerprint density at radius 3 is 2.42 bits per heavy atom. The van der Waals surface area contributed by atoms with Gasteiger partial charge >= 0.3 is 0 Å². The summed E-state index contributed by atoms with van der Waals surface area (Å²) in [6.45, 7) is 9.59. The van der Waals surface area contributed by atoms with Crippen molar-refractivity contribution in [2.45, 2.75) is 77.3 Å².